The van der Waals surface area contributed by atoms with E-state index in [9.17, 15) is 4.79 Å². The van der Waals surface area contributed by atoms with Gasteiger partial charge in [-0.2, -0.15) is 0 Å². The van der Waals surface area contributed by atoms with Crippen molar-refractivity contribution in [2.45, 2.75) is 58.9 Å². The van der Waals surface area contributed by atoms with Gasteiger partial charge in [0.05, 0.1) is 0 Å². The average Bonchev–Trinajstić information content (AvgIpc) is 1.74. The molecule has 1 heterocycles. The van der Waals surface area contributed by atoms with Crippen molar-refractivity contribution in [3.8, 4) is 0 Å². The predicted molar refractivity (Wildman–Crippen MR) is 56.9 cm³/mol. The zero-order chi connectivity index (χ0) is 10.6. The molecule has 1 spiro atoms. The van der Waals surface area contributed by atoms with Gasteiger partial charge in [0.1, 0.15) is 0 Å². The van der Waals surface area contributed by atoms with Gasteiger partial charge in [0.2, 0.25) is 5.91 Å². The summed E-state index contributed by atoms with van der Waals surface area (Å²) in [7, 11) is 0. The van der Waals surface area contributed by atoms with E-state index in [1.54, 1.807) is 0 Å². The van der Waals surface area contributed by atoms with E-state index in [0.717, 1.165) is 19.3 Å². The molecule has 0 aromatic carbocycles. The topological polar surface area (TPSA) is 29.1 Å². The molecule has 1 aliphatic heterocycles. The lowest BCUT2D eigenvalue weighted by atomic mass is 9.56. The monoisotopic (exact) mass is 195 g/mol. The molecule has 2 heteroatoms. The van der Waals surface area contributed by atoms with Crippen LogP contribution < -0.4 is 5.32 Å². The Kier molecular flexibility index (Phi) is 1.81. The first kappa shape index (κ1) is 10.0. The third-order valence-corrected chi connectivity index (χ3v) is 3.49. The van der Waals surface area contributed by atoms with E-state index in [1.807, 2.05) is 0 Å². The maximum atomic E-state index is 11.1. The van der Waals surface area contributed by atoms with E-state index in [4.69, 9.17) is 0 Å². The Morgan fingerprint density at radius 3 is 1.79 bits per heavy atom. The van der Waals surface area contributed by atoms with Crippen LogP contribution in [-0.4, -0.2) is 11.4 Å². The van der Waals surface area contributed by atoms with Crippen LogP contribution in [0, 0.1) is 10.8 Å². The van der Waals surface area contributed by atoms with Crippen LogP contribution in [0.25, 0.3) is 0 Å². The van der Waals surface area contributed by atoms with Crippen molar-refractivity contribution in [2.75, 3.05) is 0 Å². The molecule has 1 amide bonds. The van der Waals surface area contributed by atoms with Gasteiger partial charge in [-0.1, -0.05) is 27.7 Å². The smallest absolute Gasteiger partial charge is 0.222 e. The lowest BCUT2D eigenvalue weighted by Crippen LogP contribution is -2.66. The molecule has 2 aliphatic rings. The number of carbonyl (C=O) groups excluding carboxylic acids is 1. The molecule has 1 N–H and O–H groups in total. The minimum atomic E-state index is 0.141. The highest BCUT2D eigenvalue weighted by Crippen LogP contribution is 2.53. The average molecular weight is 195 g/mol. The summed E-state index contributed by atoms with van der Waals surface area (Å²) >= 11 is 0. The lowest BCUT2D eigenvalue weighted by Gasteiger charge is -2.56. The van der Waals surface area contributed by atoms with Gasteiger partial charge in [-0.3, -0.25) is 4.79 Å². The second-order valence-electron chi connectivity index (χ2n) is 6.86. The second-order valence-corrected chi connectivity index (χ2v) is 6.86. The van der Waals surface area contributed by atoms with Gasteiger partial charge in [-0.25, -0.2) is 0 Å². The number of carbonyl (C=O) groups is 1. The fourth-order valence-corrected chi connectivity index (χ4v) is 4.11. The van der Waals surface area contributed by atoms with Crippen LogP contribution in [0.3, 0.4) is 0 Å². The number of hydrogen-bond acceptors (Lipinski definition) is 1. The van der Waals surface area contributed by atoms with Crippen molar-refractivity contribution >= 4 is 5.91 Å². The van der Waals surface area contributed by atoms with Crippen molar-refractivity contribution in [3.05, 3.63) is 0 Å². The molecule has 1 aliphatic carbocycles. The van der Waals surface area contributed by atoms with Crippen LogP contribution in [0.1, 0.15) is 53.4 Å². The number of rotatable bonds is 0. The van der Waals surface area contributed by atoms with Gasteiger partial charge in [0.15, 0.2) is 0 Å². The molecule has 0 aromatic rings. The fraction of sp³-hybridized carbons (Fsp3) is 0.917. The van der Waals surface area contributed by atoms with Crippen molar-refractivity contribution in [2.24, 2.45) is 10.8 Å². The molecule has 0 aromatic heterocycles. The molecule has 2 fully saturated rings. The summed E-state index contributed by atoms with van der Waals surface area (Å²) in [6, 6.07) is 0. The molecule has 0 radical (unpaired) electrons. The van der Waals surface area contributed by atoms with E-state index in [-0.39, 0.29) is 11.4 Å². The summed E-state index contributed by atoms with van der Waals surface area (Å²) in [5, 5.41) is 3.13. The van der Waals surface area contributed by atoms with Crippen LogP contribution in [0.15, 0.2) is 0 Å². The van der Waals surface area contributed by atoms with E-state index < -0.39 is 0 Å². The summed E-state index contributed by atoms with van der Waals surface area (Å²) < 4.78 is 0. The third kappa shape index (κ3) is 1.67. The summed E-state index contributed by atoms with van der Waals surface area (Å²) in [4.78, 5) is 11.1. The Bertz CT molecular complexity index is 252. The fourth-order valence-electron chi connectivity index (χ4n) is 4.11. The Balaban J connectivity index is 2.18. The zero-order valence-electron chi connectivity index (χ0n) is 9.74. The quantitative estimate of drug-likeness (QED) is 0.591. The van der Waals surface area contributed by atoms with Gasteiger partial charge in [0, 0.05) is 12.0 Å². The van der Waals surface area contributed by atoms with Gasteiger partial charge in [-0.15, -0.1) is 0 Å². The van der Waals surface area contributed by atoms with Crippen LogP contribution in [0.5, 0.6) is 0 Å². The molecular weight excluding hydrogens is 174 g/mol. The highest BCUT2D eigenvalue weighted by atomic mass is 16.2. The normalized spacial score (nSPS) is 32.1. The number of β-lactam (4-membered cyclic amide) rings is 1. The molecular formula is C12H21NO. The van der Waals surface area contributed by atoms with Crippen molar-refractivity contribution < 1.29 is 4.79 Å². The minimum Gasteiger partial charge on any atom is -0.350 e. The SMILES string of the molecule is CC1(C)CC(C)(C)CC2(CC(=O)N2)C1. The Hall–Kier alpha value is -0.530. The maximum Gasteiger partial charge on any atom is 0.222 e. The molecule has 14 heavy (non-hydrogen) atoms. The van der Waals surface area contributed by atoms with Crippen LogP contribution in [0.4, 0.5) is 0 Å². The van der Waals surface area contributed by atoms with Crippen molar-refractivity contribution in [3.63, 3.8) is 0 Å². The first-order chi connectivity index (χ1) is 6.22. The molecule has 0 atom stereocenters. The maximum absolute atomic E-state index is 11.1. The van der Waals surface area contributed by atoms with Gasteiger partial charge in [0.25, 0.3) is 0 Å². The van der Waals surface area contributed by atoms with Gasteiger partial charge in [-0.05, 0) is 30.1 Å². The number of nitrogens with one attached hydrogen (secondary N) is 1. The third-order valence-electron chi connectivity index (χ3n) is 3.49. The first-order valence-electron chi connectivity index (χ1n) is 5.53. The largest absolute Gasteiger partial charge is 0.350 e. The molecule has 0 bridgehead atoms. The standard InChI is InChI=1S/C12H21NO/c1-10(2)6-11(3,4)8-12(7-10)5-9(14)13-12/h5-8H2,1-4H3,(H,13,14). The summed E-state index contributed by atoms with van der Waals surface area (Å²) in [5.41, 5.74) is 0.882. The Morgan fingerprint density at radius 1 is 1.00 bits per heavy atom. The predicted octanol–water partition coefficient (Wildman–Crippen LogP) is 2.48. The van der Waals surface area contributed by atoms with Crippen LogP contribution >= 0.6 is 0 Å². The summed E-state index contributed by atoms with van der Waals surface area (Å²) in [5.74, 6) is 0.235. The van der Waals surface area contributed by atoms with Crippen molar-refractivity contribution in [1.82, 2.24) is 5.32 Å². The minimum absolute atomic E-state index is 0.141. The number of amides is 1. The molecule has 1 saturated heterocycles. The molecule has 1 saturated carbocycles. The van der Waals surface area contributed by atoms with E-state index in [2.05, 4.69) is 33.0 Å². The molecule has 2 nitrogen and oxygen atoms in total. The van der Waals surface area contributed by atoms with E-state index >= 15 is 0 Å². The van der Waals surface area contributed by atoms with Crippen LogP contribution in [-0.2, 0) is 4.79 Å². The molecule has 0 unspecified atom stereocenters. The Morgan fingerprint density at radius 2 is 1.43 bits per heavy atom. The van der Waals surface area contributed by atoms with Gasteiger partial charge < -0.3 is 5.32 Å². The Labute approximate surface area is 86.5 Å². The highest BCUT2D eigenvalue weighted by Gasteiger charge is 2.53. The van der Waals surface area contributed by atoms with Crippen LogP contribution in [0.2, 0.25) is 0 Å². The summed E-state index contributed by atoms with van der Waals surface area (Å²) in [6.45, 7) is 9.28. The van der Waals surface area contributed by atoms with E-state index in [1.165, 1.54) is 6.42 Å². The zero-order valence-corrected chi connectivity index (χ0v) is 9.74. The first-order valence-corrected chi connectivity index (χ1v) is 5.53. The molecule has 2 rings (SSSR count). The highest BCUT2D eigenvalue weighted by molar-refractivity contribution is 5.84. The van der Waals surface area contributed by atoms with Gasteiger partial charge >= 0.3 is 0 Å². The van der Waals surface area contributed by atoms with E-state index in [0.29, 0.717) is 10.8 Å². The molecule has 80 valence electrons. The lowest BCUT2D eigenvalue weighted by molar-refractivity contribution is -0.138. The van der Waals surface area contributed by atoms with Crippen molar-refractivity contribution in [1.29, 1.82) is 0 Å². The summed E-state index contributed by atoms with van der Waals surface area (Å²) in [6.07, 6.45) is 4.31. The number of hydrogen-bond donors (Lipinski definition) is 1. The second kappa shape index (κ2) is 2.53.